The lowest BCUT2D eigenvalue weighted by atomic mass is 10.1. The number of halogens is 2. The number of hydrogen-bond donors (Lipinski definition) is 0. The highest BCUT2D eigenvalue weighted by Crippen LogP contribution is 2.19. The molecule has 0 amide bonds. The van der Waals surface area contributed by atoms with E-state index in [4.69, 9.17) is 4.42 Å². The summed E-state index contributed by atoms with van der Waals surface area (Å²) in [6.45, 7) is 1.76. The molecule has 0 radical (unpaired) electrons. The van der Waals surface area contributed by atoms with Crippen LogP contribution in [-0.2, 0) is 0 Å². The molecule has 0 aliphatic carbocycles. The van der Waals surface area contributed by atoms with Gasteiger partial charge in [0.15, 0.2) is 5.76 Å². The van der Waals surface area contributed by atoms with Crippen LogP contribution in [-0.4, -0.2) is 5.78 Å². The van der Waals surface area contributed by atoms with E-state index in [1.807, 2.05) is 0 Å². The van der Waals surface area contributed by atoms with Gasteiger partial charge in [-0.15, -0.1) is 0 Å². The van der Waals surface area contributed by atoms with E-state index in [0.717, 1.165) is 0 Å². The molecular weight excluding hydrogens is 275 g/mol. The molecule has 16 heavy (non-hydrogen) atoms. The van der Waals surface area contributed by atoms with Gasteiger partial charge in [0, 0.05) is 5.56 Å². The molecule has 2 rings (SSSR count). The zero-order valence-corrected chi connectivity index (χ0v) is 10.0. The second-order valence-electron chi connectivity index (χ2n) is 3.37. The fraction of sp³-hybridized carbons (Fsp3) is 0.0833. The fourth-order valence-electron chi connectivity index (χ4n) is 1.34. The number of furan rings is 1. The molecule has 1 aromatic carbocycles. The summed E-state index contributed by atoms with van der Waals surface area (Å²) in [6.07, 6.45) is 0. The first-order chi connectivity index (χ1) is 7.58. The van der Waals surface area contributed by atoms with Crippen LogP contribution < -0.4 is 0 Å². The summed E-state index contributed by atoms with van der Waals surface area (Å²) in [5.41, 5.74) is 0.391. The number of aryl methyl sites for hydroxylation is 1. The molecule has 0 spiro atoms. The van der Waals surface area contributed by atoms with E-state index in [-0.39, 0.29) is 16.0 Å². The Morgan fingerprint density at radius 2 is 2.06 bits per heavy atom. The van der Waals surface area contributed by atoms with Crippen LogP contribution in [0.25, 0.3) is 0 Å². The summed E-state index contributed by atoms with van der Waals surface area (Å²) in [4.78, 5) is 11.9. The Kier molecular flexibility index (Phi) is 2.92. The van der Waals surface area contributed by atoms with Crippen LogP contribution in [0.5, 0.6) is 0 Å². The number of hydrogen-bond acceptors (Lipinski definition) is 2. The minimum atomic E-state index is -0.396. The van der Waals surface area contributed by atoms with Crippen LogP contribution in [0.1, 0.15) is 21.9 Å². The molecule has 82 valence electrons. The summed E-state index contributed by atoms with van der Waals surface area (Å²) in [7, 11) is 0. The average Bonchev–Trinajstić information content (AvgIpc) is 2.68. The smallest absolute Gasteiger partial charge is 0.228 e. The molecule has 1 heterocycles. The van der Waals surface area contributed by atoms with Crippen molar-refractivity contribution < 1.29 is 13.6 Å². The summed E-state index contributed by atoms with van der Waals surface area (Å²) in [6, 6.07) is 7.43. The predicted octanol–water partition coefficient (Wildman–Crippen LogP) is 3.72. The van der Waals surface area contributed by atoms with Gasteiger partial charge < -0.3 is 4.42 Å². The maximum absolute atomic E-state index is 13.0. The van der Waals surface area contributed by atoms with E-state index < -0.39 is 5.82 Å². The molecule has 0 unspecified atom stereocenters. The van der Waals surface area contributed by atoms with Crippen molar-refractivity contribution in [3.8, 4) is 0 Å². The lowest BCUT2D eigenvalue weighted by molar-refractivity contribution is 0.101. The van der Waals surface area contributed by atoms with Gasteiger partial charge in [-0.2, -0.15) is 0 Å². The molecule has 0 aliphatic heterocycles. The van der Waals surface area contributed by atoms with Gasteiger partial charge in [0.05, 0.1) is 4.47 Å². The topological polar surface area (TPSA) is 30.2 Å². The lowest BCUT2D eigenvalue weighted by Gasteiger charge is -1.99. The minimum absolute atomic E-state index is 0.256. The minimum Gasteiger partial charge on any atom is -0.458 e. The van der Waals surface area contributed by atoms with Gasteiger partial charge in [0.1, 0.15) is 11.6 Å². The predicted molar refractivity (Wildman–Crippen MR) is 61.0 cm³/mol. The molecule has 0 atom stereocenters. The van der Waals surface area contributed by atoms with E-state index in [2.05, 4.69) is 15.9 Å². The first-order valence-corrected chi connectivity index (χ1v) is 5.43. The Morgan fingerprint density at radius 1 is 1.31 bits per heavy atom. The van der Waals surface area contributed by atoms with Gasteiger partial charge in [0.2, 0.25) is 5.78 Å². The van der Waals surface area contributed by atoms with Crippen molar-refractivity contribution in [2.45, 2.75) is 6.92 Å². The quantitative estimate of drug-likeness (QED) is 0.786. The van der Waals surface area contributed by atoms with Crippen molar-refractivity contribution in [1.29, 1.82) is 0 Å². The molecular formula is C12H8BrFO2. The van der Waals surface area contributed by atoms with Crippen molar-refractivity contribution >= 4 is 21.7 Å². The summed E-state index contributed by atoms with van der Waals surface area (Å²) in [5.74, 6) is 0.279. The van der Waals surface area contributed by atoms with Crippen molar-refractivity contribution in [3.05, 3.63) is 57.7 Å². The zero-order valence-electron chi connectivity index (χ0n) is 8.46. The largest absolute Gasteiger partial charge is 0.458 e. The summed E-state index contributed by atoms with van der Waals surface area (Å²) in [5, 5.41) is 0. The van der Waals surface area contributed by atoms with Crippen LogP contribution in [0.4, 0.5) is 4.39 Å². The molecule has 0 saturated heterocycles. The van der Waals surface area contributed by atoms with Crippen LogP contribution in [0.2, 0.25) is 0 Å². The number of rotatable bonds is 2. The molecule has 0 N–H and O–H groups in total. The Balaban J connectivity index is 2.38. The molecule has 0 bridgehead atoms. The molecule has 2 nitrogen and oxygen atoms in total. The van der Waals surface area contributed by atoms with E-state index in [9.17, 15) is 9.18 Å². The van der Waals surface area contributed by atoms with Gasteiger partial charge in [-0.1, -0.05) is 0 Å². The van der Waals surface area contributed by atoms with Gasteiger partial charge in [-0.25, -0.2) is 4.39 Å². The third-order valence-corrected chi connectivity index (χ3v) is 2.75. The van der Waals surface area contributed by atoms with Crippen LogP contribution in [0.15, 0.2) is 39.2 Å². The Morgan fingerprint density at radius 3 is 2.62 bits per heavy atom. The second kappa shape index (κ2) is 4.22. The van der Waals surface area contributed by atoms with Crippen molar-refractivity contribution in [2.75, 3.05) is 0 Å². The first-order valence-electron chi connectivity index (χ1n) is 4.64. The Hall–Kier alpha value is -1.42. The highest BCUT2D eigenvalue weighted by atomic mass is 79.9. The van der Waals surface area contributed by atoms with Crippen LogP contribution in [0, 0.1) is 12.7 Å². The Labute approximate surface area is 100 Å². The standard InChI is InChI=1S/C12H8BrFO2/c1-7-2-5-11(16-7)12(15)8-3-4-10(14)9(13)6-8/h2-6H,1H3. The second-order valence-corrected chi connectivity index (χ2v) is 4.22. The molecule has 2 aromatic rings. The highest BCUT2D eigenvalue weighted by molar-refractivity contribution is 9.10. The normalized spacial score (nSPS) is 10.4. The summed E-state index contributed by atoms with van der Waals surface area (Å²) >= 11 is 3.03. The molecule has 0 fully saturated rings. The SMILES string of the molecule is Cc1ccc(C(=O)c2ccc(F)c(Br)c2)o1. The monoisotopic (exact) mass is 282 g/mol. The number of benzene rings is 1. The number of carbonyl (C=O) groups is 1. The zero-order chi connectivity index (χ0) is 11.7. The van der Waals surface area contributed by atoms with E-state index in [1.54, 1.807) is 19.1 Å². The fourth-order valence-corrected chi connectivity index (χ4v) is 1.71. The number of ketones is 1. The van der Waals surface area contributed by atoms with Crippen molar-refractivity contribution in [3.63, 3.8) is 0 Å². The average molecular weight is 283 g/mol. The van der Waals surface area contributed by atoms with E-state index in [1.165, 1.54) is 18.2 Å². The molecule has 0 aliphatic rings. The molecule has 0 saturated carbocycles. The highest BCUT2D eigenvalue weighted by Gasteiger charge is 2.14. The maximum atomic E-state index is 13.0. The summed E-state index contributed by atoms with van der Waals surface area (Å²) < 4.78 is 18.5. The van der Waals surface area contributed by atoms with Gasteiger partial charge in [-0.05, 0) is 53.2 Å². The van der Waals surface area contributed by atoms with E-state index >= 15 is 0 Å². The molecule has 4 heteroatoms. The Bertz CT molecular complexity index is 546. The van der Waals surface area contributed by atoms with Gasteiger partial charge >= 0.3 is 0 Å². The van der Waals surface area contributed by atoms with E-state index in [0.29, 0.717) is 11.3 Å². The van der Waals surface area contributed by atoms with Crippen molar-refractivity contribution in [1.82, 2.24) is 0 Å². The van der Waals surface area contributed by atoms with Crippen LogP contribution in [0.3, 0.4) is 0 Å². The third-order valence-electron chi connectivity index (χ3n) is 2.15. The third kappa shape index (κ3) is 2.07. The lowest BCUT2D eigenvalue weighted by Crippen LogP contribution is -1.99. The number of carbonyl (C=O) groups excluding carboxylic acids is 1. The van der Waals surface area contributed by atoms with Crippen molar-refractivity contribution in [2.24, 2.45) is 0 Å². The van der Waals surface area contributed by atoms with Gasteiger partial charge in [-0.3, -0.25) is 4.79 Å². The first kappa shape index (κ1) is 11.1. The van der Waals surface area contributed by atoms with Gasteiger partial charge in [0.25, 0.3) is 0 Å². The van der Waals surface area contributed by atoms with Crippen LogP contribution >= 0.6 is 15.9 Å². The maximum Gasteiger partial charge on any atom is 0.228 e. The molecule has 1 aromatic heterocycles.